The molecule has 1 saturated heterocycles. The zero-order valence-electron chi connectivity index (χ0n) is 11.1. The summed E-state index contributed by atoms with van der Waals surface area (Å²) in [5.41, 5.74) is 2.49. The number of hydrazine groups is 1. The molecule has 3 N–H and O–H groups in total. The van der Waals surface area contributed by atoms with E-state index in [1.54, 1.807) is 17.1 Å². The maximum absolute atomic E-state index is 5.45. The molecule has 0 amide bonds. The Balaban J connectivity index is 1.99. The fraction of sp³-hybridized carbons (Fsp3) is 0.455. The first kappa shape index (κ1) is 13.1. The SMILES string of the molecule is CC1CSCCN1c1nc(NN)nc(-n2cccn2)n1. The smallest absolute Gasteiger partial charge is 0.257 e. The summed E-state index contributed by atoms with van der Waals surface area (Å²) in [6.45, 7) is 3.08. The number of anilines is 2. The average Bonchev–Trinajstić information content (AvgIpc) is 3.01. The van der Waals surface area contributed by atoms with Crippen molar-refractivity contribution in [2.45, 2.75) is 13.0 Å². The van der Waals surface area contributed by atoms with Gasteiger partial charge >= 0.3 is 0 Å². The van der Waals surface area contributed by atoms with Crippen LogP contribution in [0.1, 0.15) is 6.92 Å². The van der Waals surface area contributed by atoms with Crippen molar-refractivity contribution in [2.24, 2.45) is 5.84 Å². The van der Waals surface area contributed by atoms with Gasteiger partial charge in [0.05, 0.1) is 0 Å². The van der Waals surface area contributed by atoms with Gasteiger partial charge in [-0.15, -0.1) is 0 Å². The van der Waals surface area contributed by atoms with Crippen LogP contribution in [0.2, 0.25) is 0 Å². The van der Waals surface area contributed by atoms with Gasteiger partial charge in [-0.1, -0.05) is 0 Å². The molecule has 9 heteroatoms. The average molecular weight is 292 g/mol. The third-order valence-corrected chi connectivity index (χ3v) is 4.26. The van der Waals surface area contributed by atoms with E-state index >= 15 is 0 Å². The van der Waals surface area contributed by atoms with Crippen molar-refractivity contribution in [3.63, 3.8) is 0 Å². The van der Waals surface area contributed by atoms with E-state index < -0.39 is 0 Å². The van der Waals surface area contributed by atoms with Gasteiger partial charge in [0.2, 0.25) is 11.9 Å². The van der Waals surface area contributed by atoms with E-state index in [2.05, 4.69) is 37.3 Å². The molecule has 1 unspecified atom stereocenters. The normalized spacial score (nSPS) is 19.1. The van der Waals surface area contributed by atoms with Gasteiger partial charge in [0.25, 0.3) is 5.95 Å². The Labute approximate surface area is 120 Å². The van der Waals surface area contributed by atoms with Gasteiger partial charge in [0.1, 0.15) is 0 Å². The Morgan fingerprint density at radius 2 is 2.20 bits per heavy atom. The minimum Gasteiger partial charge on any atom is -0.336 e. The molecule has 0 aliphatic carbocycles. The van der Waals surface area contributed by atoms with Crippen LogP contribution < -0.4 is 16.2 Å². The Morgan fingerprint density at radius 1 is 1.35 bits per heavy atom. The zero-order chi connectivity index (χ0) is 13.9. The van der Waals surface area contributed by atoms with E-state index in [9.17, 15) is 0 Å². The molecule has 0 aromatic carbocycles. The third kappa shape index (κ3) is 2.54. The van der Waals surface area contributed by atoms with Gasteiger partial charge in [-0.25, -0.2) is 10.5 Å². The number of nitrogens with two attached hydrogens (primary N) is 1. The van der Waals surface area contributed by atoms with Crippen molar-refractivity contribution in [1.29, 1.82) is 0 Å². The molecular weight excluding hydrogens is 276 g/mol. The van der Waals surface area contributed by atoms with E-state index in [4.69, 9.17) is 5.84 Å². The second-order valence-corrected chi connectivity index (χ2v) is 5.62. The summed E-state index contributed by atoms with van der Waals surface area (Å²) >= 11 is 1.94. The Morgan fingerprint density at radius 3 is 2.90 bits per heavy atom. The van der Waals surface area contributed by atoms with Crippen LogP contribution in [0, 0.1) is 0 Å². The van der Waals surface area contributed by atoms with E-state index in [1.165, 1.54) is 0 Å². The Hall–Kier alpha value is -1.87. The minimum absolute atomic E-state index is 0.339. The van der Waals surface area contributed by atoms with Crippen molar-refractivity contribution < 1.29 is 0 Å². The molecule has 0 bridgehead atoms. The predicted molar refractivity (Wildman–Crippen MR) is 78.9 cm³/mol. The summed E-state index contributed by atoms with van der Waals surface area (Å²) in [5, 5.41) is 4.14. The molecule has 0 saturated carbocycles. The monoisotopic (exact) mass is 292 g/mol. The third-order valence-electron chi connectivity index (χ3n) is 3.07. The predicted octanol–water partition coefficient (Wildman–Crippen LogP) is 0.285. The number of hydrogen-bond acceptors (Lipinski definition) is 8. The molecule has 1 fully saturated rings. The van der Waals surface area contributed by atoms with Crippen LogP contribution >= 0.6 is 11.8 Å². The van der Waals surface area contributed by atoms with Crippen LogP contribution in [0.3, 0.4) is 0 Å². The van der Waals surface area contributed by atoms with E-state index in [-0.39, 0.29) is 0 Å². The highest BCUT2D eigenvalue weighted by Gasteiger charge is 2.22. The summed E-state index contributed by atoms with van der Waals surface area (Å²) < 4.78 is 1.59. The molecule has 0 radical (unpaired) electrons. The van der Waals surface area contributed by atoms with Crippen LogP contribution in [0.15, 0.2) is 18.5 Å². The van der Waals surface area contributed by atoms with Crippen molar-refractivity contribution in [3.8, 4) is 5.95 Å². The lowest BCUT2D eigenvalue weighted by molar-refractivity contribution is 0.668. The number of nitrogens with zero attached hydrogens (tertiary/aromatic N) is 6. The van der Waals surface area contributed by atoms with Crippen molar-refractivity contribution in [2.75, 3.05) is 28.4 Å². The lowest BCUT2D eigenvalue weighted by Crippen LogP contribution is -2.41. The molecule has 1 aliphatic rings. The lowest BCUT2D eigenvalue weighted by atomic mass is 10.3. The molecule has 1 aliphatic heterocycles. The first-order valence-corrected chi connectivity index (χ1v) is 7.50. The highest BCUT2D eigenvalue weighted by molar-refractivity contribution is 7.99. The Kier molecular flexibility index (Phi) is 3.70. The molecule has 3 rings (SSSR count). The van der Waals surface area contributed by atoms with Gasteiger partial charge in [-0.3, -0.25) is 5.43 Å². The van der Waals surface area contributed by atoms with Crippen molar-refractivity contribution >= 4 is 23.7 Å². The lowest BCUT2D eigenvalue weighted by Gasteiger charge is -2.33. The van der Waals surface area contributed by atoms with Crippen molar-refractivity contribution in [3.05, 3.63) is 18.5 Å². The molecule has 2 aromatic heterocycles. The molecule has 2 aromatic rings. The van der Waals surface area contributed by atoms with Crippen LogP contribution in [-0.4, -0.2) is 48.8 Å². The summed E-state index contributed by atoms with van der Waals surface area (Å²) in [4.78, 5) is 15.2. The number of hydrogen-bond donors (Lipinski definition) is 2. The molecule has 106 valence electrons. The maximum atomic E-state index is 5.45. The molecule has 20 heavy (non-hydrogen) atoms. The molecule has 8 nitrogen and oxygen atoms in total. The number of nitrogen functional groups attached to an aromatic ring is 1. The van der Waals surface area contributed by atoms with Gasteiger partial charge in [-0.05, 0) is 13.0 Å². The second-order valence-electron chi connectivity index (χ2n) is 4.47. The second kappa shape index (κ2) is 5.63. The van der Waals surface area contributed by atoms with Gasteiger partial charge in [0.15, 0.2) is 0 Å². The highest BCUT2D eigenvalue weighted by atomic mass is 32.2. The van der Waals surface area contributed by atoms with Crippen LogP contribution in [0.5, 0.6) is 0 Å². The van der Waals surface area contributed by atoms with Crippen LogP contribution in [-0.2, 0) is 0 Å². The van der Waals surface area contributed by atoms with E-state index in [1.807, 2.05) is 17.8 Å². The van der Waals surface area contributed by atoms with Crippen LogP contribution in [0.4, 0.5) is 11.9 Å². The summed E-state index contributed by atoms with van der Waals surface area (Å²) in [6.07, 6.45) is 3.47. The summed E-state index contributed by atoms with van der Waals surface area (Å²) in [5.74, 6) is 9.01. The topological polar surface area (TPSA) is 97.8 Å². The summed E-state index contributed by atoms with van der Waals surface area (Å²) in [6, 6.07) is 2.20. The Bertz CT molecular complexity index is 572. The fourth-order valence-electron chi connectivity index (χ4n) is 2.06. The zero-order valence-corrected chi connectivity index (χ0v) is 11.9. The highest BCUT2D eigenvalue weighted by Crippen LogP contribution is 2.21. The molecule has 0 spiro atoms. The van der Waals surface area contributed by atoms with E-state index in [0.717, 1.165) is 18.1 Å². The largest absolute Gasteiger partial charge is 0.336 e. The van der Waals surface area contributed by atoms with E-state index in [0.29, 0.717) is 23.9 Å². The first-order chi connectivity index (χ1) is 9.78. The molecule has 1 atom stereocenters. The van der Waals surface area contributed by atoms with Gasteiger partial charge in [-0.2, -0.15) is 31.8 Å². The number of aromatic nitrogens is 5. The number of thioether (sulfide) groups is 1. The first-order valence-electron chi connectivity index (χ1n) is 6.35. The molecular formula is C11H16N8S. The number of nitrogens with one attached hydrogen (secondary N) is 1. The quantitative estimate of drug-likeness (QED) is 0.615. The fourth-order valence-corrected chi connectivity index (χ4v) is 3.07. The molecule has 3 heterocycles. The van der Waals surface area contributed by atoms with Crippen molar-refractivity contribution in [1.82, 2.24) is 24.7 Å². The summed E-state index contributed by atoms with van der Waals surface area (Å²) in [7, 11) is 0. The maximum Gasteiger partial charge on any atom is 0.257 e. The van der Waals surface area contributed by atoms with Crippen LogP contribution in [0.25, 0.3) is 5.95 Å². The van der Waals surface area contributed by atoms with Gasteiger partial charge < -0.3 is 4.90 Å². The minimum atomic E-state index is 0.339. The van der Waals surface area contributed by atoms with Gasteiger partial charge in [0, 0.05) is 36.5 Å². The standard InChI is InChI=1S/C11H16N8S/c1-8-7-20-6-5-18(8)10-14-9(17-12)15-11(16-10)19-4-2-3-13-19/h2-4,8H,5-7,12H2,1H3,(H,14,15,16,17). The number of rotatable bonds is 3.